The van der Waals surface area contributed by atoms with Crippen LogP contribution in [0.1, 0.15) is 13.8 Å². The van der Waals surface area contributed by atoms with Crippen LogP contribution in [0.4, 0.5) is 5.69 Å². The van der Waals surface area contributed by atoms with Crippen LogP contribution in [0.5, 0.6) is 0 Å². The molecule has 1 rings (SSSR count). The lowest BCUT2D eigenvalue weighted by Gasteiger charge is -2.23. The Bertz CT molecular complexity index is 481. The number of para-hydroxylation sites is 1. The zero-order chi connectivity index (χ0) is 15.1. The molecule has 1 aromatic rings. The van der Waals surface area contributed by atoms with E-state index in [4.69, 9.17) is 29.6 Å². The van der Waals surface area contributed by atoms with Gasteiger partial charge in [-0.05, 0) is 18.7 Å². The van der Waals surface area contributed by atoms with Gasteiger partial charge in [0.25, 0.3) is 0 Å². The number of nitrogens with two attached hydrogens (primary N) is 1. The molecule has 0 saturated heterocycles. The molecular weight excluding hydrogens is 294 g/mol. The number of hydrogen-bond donors (Lipinski definition) is 2. The molecular formula is C14H20ClN3OS. The van der Waals surface area contributed by atoms with Gasteiger partial charge < -0.3 is 11.1 Å². The predicted molar refractivity (Wildman–Crippen MR) is 88.1 cm³/mol. The highest BCUT2D eigenvalue weighted by Gasteiger charge is 2.14. The molecule has 20 heavy (non-hydrogen) atoms. The van der Waals surface area contributed by atoms with Crippen molar-refractivity contribution in [1.82, 2.24) is 4.90 Å². The summed E-state index contributed by atoms with van der Waals surface area (Å²) in [5, 5.41) is 3.33. The Labute approximate surface area is 130 Å². The second-order valence-electron chi connectivity index (χ2n) is 4.66. The number of amides is 1. The molecule has 0 aliphatic carbocycles. The van der Waals surface area contributed by atoms with Gasteiger partial charge in [0.05, 0.1) is 22.2 Å². The molecule has 0 saturated carbocycles. The minimum Gasteiger partial charge on any atom is -0.393 e. The number of halogens is 1. The van der Waals surface area contributed by atoms with Crippen LogP contribution in [-0.2, 0) is 4.79 Å². The Morgan fingerprint density at radius 3 is 2.70 bits per heavy atom. The van der Waals surface area contributed by atoms with E-state index in [2.05, 4.69) is 5.32 Å². The summed E-state index contributed by atoms with van der Waals surface area (Å²) in [5.74, 6) is -0.0202. The Morgan fingerprint density at radius 1 is 1.50 bits per heavy atom. The number of nitrogens with one attached hydrogen (secondary N) is 1. The number of thiocarbonyl (C=S) groups is 1. The van der Waals surface area contributed by atoms with Crippen LogP contribution < -0.4 is 11.1 Å². The Balaban J connectivity index is 2.55. The number of carbonyl (C=O) groups excluding carboxylic acids is 1. The number of nitrogens with zero attached hydrogens (tertiary/aromatic N) is 1. The van der Waals surface area contributed by atoms with E-state index in [1.807, 2.05) is 30.9 Å². The van der Waals surface area contributed by atoms with Gasteiger partial charge in [0.2, 0.25) is 5.91 Å². The highest BCUT2D eigenvalue weighted by Crippen LogP contribution is 2.20. The highest BCUT2D eigenvalue weighted by molar-refractivity contribution is 7.80. The van der Waals surface area contributed by atoms with Crippen LogP contribution in [-0.4, -0.2) is 35.4 Å². The maximum atomic E-state index is 12.0. The largest absolute Gasteiger partial charge is 0.393 e. The molecule has 1 aromatic carbocycles. The second-order valence-corrected chi connectivity index (χ2v) is 5.54. The lowest BCUT2D eigenvalue weighted by atomic mass is 10.1. The zero-order valence-electron chi connectivity index (χ0n) is 11.7. The van der Waals surface area contributed by atoms with E-state index in [1.165, 1.54) is 0 Å². The van der Waals surface area contributed by atoms with Crippen LogP contribution in [0.2, 0.25) is 5.02 Å². The summed E-state index contributed by atoms with van der Waals surface area (Å²) in [7, 11) is 0. The van der Waals surface area contributed by atoms with E-state index >= 15 is 0 Å². The fourth-order valence-electron chi connectivity index (χ4n) is 1.74. The lowest BCUT2D eigenvalue weighted by molar-refractivity contribution is -0.117. The third-order valence-electron chi connectivity index (χ3n) is 2.98. The van der Waals surface area contributed by atoms with Gasteiger partial charge in [-0.3, -0.25) is 9.69 Å². The molecule has 0 spiro atoms. The quantitative estimate of drug-likeness (QED) is 0.759. The molecule has 1 unspecified atom stereocenters. The van der Waals surface area contributed by atoms with Gasteiger partial charge in [-0.1, -0.05) is 49.8 Å². The Hall–Kier alpha value is -1.17. The van der Waals surface area contributed by atoms with Gasteiger partial charge in [0.1, 0.15) is 0 Å². The van der Waals surface area contributed by atoms with Crippen molar-refractivity contribution in [2.45, 2.75) is 13.8 Å². The first kappa shape index (κ1) is 16.9. The number of likely N-dealkylation sites (N-methyl/N-ethyl adjacent to an activating group) is 1. The van der Waals surface area contributed by atoms with Gasteiger partial charge in [-0.15, -0.1) is 0 Å². The molecule has 0 aromatic heterocycles. The average Bonchev–Trinajstić information content (AvgIpc) is 2.40. The van der Waals surface area contributed by atoms with Gasteiger partial charge in [0, 0.05) is 12.5 Å². The molecule has 6 heteroatoms. The van der Waals surface area contributed by atoms with Crippen molar-refractivity contribution < 1.29 is 4.79 Å². The molecule has 4 nitrogen and oxygen atoms in total. The zero-order valence-corrected chi connectivity index (χ0v) is 13.3. The van der Waals surface area contributed by atoms with Crippen LogP contribution in [0, 0.1) is 5.92 Å². The van der Waals surface area contributed by atoms with Crippen LogP contribution in [0.15, 0.2) is 24.3 Å². The first-order valence-corrected chi connectivity index (χ1v) is 7.28. The maximum Gasteiger partial charge on any atom is 0.238 e. The summed E-state index contributed by atoms with van der Waals surface area (Å²) in [5.41, 5.74) is 6.22. The van der Waals surface area contributed by atoms with Crippen molar-refractivity contribution in [3.8, 4) is 0 Å². The third kappa shape index (κ3) is 5.45. The van der Waals surface area contributed by atoms with Crippen molar-refractivity contribution >= 4 is 40.4 Å². The number of rotatable bonds is 7. The lowest BCUT2D eigenvalue weighted by Crippen LogP contribution is -2.38. The van der Waals surface area contributed by atoms with Gasteiger partial charge in [0.15, 0.2) is 0 Å². The summed E-state index contributed by atoms with van der Waals surface area (Å²) in [6.07, 6.45) is 0. The van der Waals surface area contributed by atoms with E-state index in [0.717, 1.165) is 6.54 Å². The molecule has 3 N–H and O–H groups in total. The number of hydrogen-bond acceptors (Lipinski definition) is 3. The van der Waals surface area contributed by atoms with Gasteiger partial charge >= 0.3 is 0 Å². The fourth-order valence-corrected chi connectivity index (χ4v) is 2.00. The predicted octanol–water partition coefficient (Wildman–Crippen LogP) is 2.52. The van der Waals surface area contributed by atoms with Crippen LogP contribution >= 0.6 is 23.8 Å². The smallest absolute Gasteiger partial charge is 0.238 e. The summed E-state index contributed by atoms with van der Waals surface area (Å²) in [6, 6.07) is 7.16. The third-order valence-corrected chi connectivity index (χ3v) is 3.71. The minimum absolute atomic E-state index is 0.0815. The molecule has 1 atom stereocenters. The Kier molecular flexibility index (Phi) is 6.91. The minimum atomic E-state index is -0.102. The molecule has 0 bridgehead atoms. The van der Waals surface area contributed by atoms with E-state index in [1.54, 1.807) is 12.1 Å². The number of carbonyl (C=O) groups is 1. The van der Waals surface area contributed by atoms with E-state index < -0.39 is 0 Å². The monoisotopic (exact) mass is 313 g/mol. The molecule has 0 fully saturated rings. The summed E-state index contributed by atoms with van der Waals surface area (Å²) in [4.78, 5) is 14.5. The second kappa shape index (κ2) is 8.19. The van der Waals surface area contributed by atoms with E-state index in [-0.39, 0.29) is 18.4 Å². The van der Waals surface area contributed by atoms with Crippen molar-refractivity contribution in [3.63, 3.8) is 0 Å². The van der Waals surface area contributed by atoms with Crippen molar-refractivity contribution in [2.75, 3.05) is 25.0 Å². The first-order valence-electron chi connectivity index (χ1n) is 6.50. The van der Waals surface area contributed by atoms with Gasteiger partial charge in [-0.2, -0.15) is 0 Å². The standard InChI is InChI=1S/C14H20ClN3OS/c1-3-18(8-10(2)14(16)20)9-13(19)17-12-7-5-4-6-11(12)15/h4-7,10H,3,8-9H2,1-2H3,(H2,16,20)(H,17,19). The summed E-state index contributed by atoms with van der Waals surface area (Å²) >= 11 is 11.0. The molecule has 0 radical (unpaired) electrons. The fraction of sp³-hybridized carbons (Fsp3) is 0.429. The summed E-state index contributed by atoms with van der Waals surface area (Å²) < 4.78 is 0. The van der Waals surface area contributed by atoms with Crippen molar-refractivity contribution in [1.29, 1.82) is 0 Å². The van der Waals surface area contributed by atoms with E-state index in [9.17, 15) is 4.79 Å². The molecule has 1 amide bonds. The summed E-state index contributed by atoms with van der Waals surface area (Å²) in [6.45, 7) is 5.66. The first-order chi connectivity index (χ1) is 9.43. The molecule has 0 heterocycles. The maximum absolute atomic E-state index is 12.0. The normalized spacial score (nSPS) is 12.2. The van der Waals surface area contributed by atoms with Crippen LogP contribution in [0.3, 0.4) is 0 Å². The molecule has 0 aliphatic heterocycles. The Morgan fingerprint density at radius 2 is 2.15 bits per heavy atom. The molecule has 110 valence electrons. The van der Waals surface area contributed by atoms with E-state index in [0.29, 0.717) is 22.2 Å². The number of anilines is 1. The van der Waals surface area contributed by atoms with Crippen molar-refractivity contribution in [2.24, 2.45) is 11.7 Å². The topological polar surface area (TPSA) is 58.4 Å². The number of benzene rings is 1. The average molecular weight is 314 g/mol. The highest BCUT2D eigenvalue weighted by atomic mass is 35.5. The SMILES string of the molecule is CCN(CC(=O)Nc1ccccc1Cl)CC(C)C(N)=S. The van der Waals surface area contributed by atoms with Gasteiger partial charge in [-0.25, -0.2) is 0 Å². The van der Waals surface area contributed by atoms with Crippen LogP contribution in [0.25, 0.3) is 0 Å². The molecule has 0 aliphatic rings. The van der Waals surface area contributed by atoms with Crippen molar-refractivity contribution in [3.05, 3.63) is 29.3 Å².